The number of hydrogen-bond donors (Lipinski definition) is 0. The van der Waals surface area contributed by atoms with Gasteiger partial charge in [0.2, 0.25) is 0 Å². The Morgan fingerprint density at radius 1 is 1.53 bits per heavy atom. The second-order valence-corrected chi connectivity index (χ2v) is 5.38. The molecule has 1 saturated heterocycles. The lowest BCUT2D eigenvalue weighted by Gasteiger charge is -2.26. The molecule has 5 nitrogen and oxygen atoms in total. The van der Waals surface area contributed by atoms with Gasteiger partial charge in [-0.2, -0.15) is 5.06 Å². The monoisotopic (exact) mass is 268 g/mol. The van der Waals surface area contributed by atoms with E-state index in [1.54, 1.807) is 20.8 Å². The molecule has 1 aliphatic rings. The summed E-state index contributed by atoms with van der Waals surface area (Å²) < 4.78 is 18.4. The van der Waals surface area contributed by atoms with E-state index < -0.39 is 17.5 Å². The Hall–Kier alpha value is -1.69. The van der Waals surface area contributed by atoms with Crippen molar-refractivity contribution in [2.24, 2.45) is 0 Å². The number of halogens is 1. The number of ether oxygens (including phenoxy) is 1. The summed E-state index contributed by atoms with van der Waals surface area (Å²) in [5.41, 5.74) is -0.00307. The summed E-state index contributed by atoms with van der Waals surface area (Å²) in [6.07, 6.45) is 2.67. The normalized spacial score (nSPS) is 19.6. The molecule has 0 bridgehead atoms. The standard InChI is InChI=1S/C13H17FN2O3/c1-13(2,3)19-12(17)16-11(4-5-18-16)9-6-10(14)8-15-7-9/h6-8,11H,4-5H2,1-3H3. The van der Waals surface area contributed by atoms with Gasteiger partial charge in [-0.15, -0.1) is 0 Å². The van der Waals surface area contributed by atoms with Crippen LogP contribution in [0.4, 0.5) is 9.18 Å². The van der Waals surface area contributed by atoms with E-state index in [-0.39, 0.29) is 6.04 Å². The van der Waals surface area contributed by atoms with E-state index in [0.717, 1.165) is 11.3 Å². The summed E-state index contributed by atoms with van der Waals surface area (Å²) >= 11 is 0. The molecule has 0 saturated carbocycles. The predicted molar refractivity (Wildman–Crippen MR) is 65.6 cm³/mol. The van der Waals surface area contributed by atoms with Gasteiger partial charge in [0.25, 0.3) is 0 Å². The minimum absolute atomic E-state index is 0.363. The van der Waals surface area contributed by atoms with Crippen molar-refractivity contribution in [2.45, 2.75) is 38.8 Å². The second-order valence-electron chi connectivity index (χ2n) is 5.38. The van der Waals surface area contributed by atoms with E-state index >= 15 is 0 Å². The van der Waals surface area contributed by atoms with Gasteiger partial charge in [0.15, 0.2) is 0 Å². The van der Waals surface area contributed by atoms with Gasteiger partial charge in [-0.3, -0.25) is 9.82 Å². The zero-order valence-corrected chi connectivity index (χ0v) is 11.2. The van der Waals surface area contributed by atoms with Gasteiger partial charge in [-0.25, -0.2) is 9.18 Å². The van der Waals surface area contributed by atoms with Crippen molar-refractivity contribution in [1.29, 1.82) is 0 Å². The number of rotatable bonds is 1. The van der Waals surface area contributed by atoms with Gasteiger partial charge in [-0.1, -0.05) is 0 Å². The lowest BCUT2D eigenvalue weighted by atomic mass is 10.1. The van der Waals surface area contributed by atoms with Crippen molar-refractivity contribution in [3.8, 4) is 0 Å². The topological polar surface area (TPSA) is 51.7 Å². The smallest absolute Gasteiger partial charge is 0.435 e. The quantitative estimate of drug-likeness (QED) is 0.786. The van der Waals surface area contributed by atoms with Crippen LogP contribution in [0.15, 0.2) is 18.5 Å². The number of carbonyl (C=O) groups is 1. The van der Waals surface area contributed by atoms with Crippen molar-refractivity contribution < 1.29 is 18.8 Å². The van der Waals surface area contributed by atoms with Crippen LogP contribution in [0.2, 0.25) is 0 Å². The van der Waals surface area contributed by atoms with Crippen molar-refractivity contribution >= 4 is 6.09 Å². The fraction of sp³-hybridized carbons (Fsp3) is 0.538. The van der Waals surface area contributed by atoms with E-state index in [9.17, 15) is 9.18 Å². The third-order valence-corrected chi connectivity index (χ3v) is 2.59. The average Bonchev–Trinajstić information content (AvgIpc) is 2.75. The van der Waals surface area contributed by atoms with Crippen LogP contribution in [0.25, 0.3) is 0 Å². The third-order valence-electron chi connectivity index (χ3n) is 2.59. The molecule has 0 aromatic carbocycles. The van der Waals surface area contributed by atoms with Crippen LogP contribution in [0.1, 0.15) is 38.8 Å². The minimum Gasteiger partial charge on any atom is -0.442 e. The number of amides is 1. The summed E-state index contributed by atoms with van der Waals surface area (Å²) in [6, 6.07) is 0.988. The summed E-state index contributed by atoms with van der Waals surface area (Å²) in [5, 5.41) is 1.15. The Morgan fingerprint density at radius 2 is 2.26 bits per heavy atom. The van der Waals surface area contributed by atoms with Crippen molar-refractivity contribution in [3.63, 3.8) is 0 Å². The Bertz CT molecular complexity index is 473. The number of nitrogens with zero attached hydrogens (tertiary/aromatic N) is 2. The maximum Gasteiger partial charge on any atom is 0.435 e. The van der Waals surface area contributed by atoms with Gasteiger partial charge < -0.3 is 4.74 Å². The molecule has 1 aliphatic heterocycles. The third kappa shape index (κ3) is 3.41. The van der Waals surface area contributed by atoms with Crippen LogP contribution in [0, 0.1) is 5.82 Å². The van der Waals surface area contributed by atoms with Gasteiger partial charge in [0.1, 0.15) is 11.4 Å². The maximum absolute atomic E-state index is 13.2. The first kappa shape index (κ1) is 13.7. The molecule has 1 fully saturated rings. The number of aromatic nitrogens is 1. The van der Waals surface area contributed by atoms with Crippen molar-refractivity contribution in [2.75, 3.05) is 6.61 Å². The van der Waals surface area contributed by atoms with Crippen LogP contribution < -0.4 is 0 Å². The molecule has 1 unspecified atom stereocenters. The highest BCUT2D eigenvalue weighted by atomic mass is 19.1. The zero-order valence-electron chi connectivity index (χ0n) is 11.2. The molecule has 1 aromatic rings. The van der Waals surface area contributed by atoms with Crippen molar-refractivity contribution in [1.82, 2.24) is 10.0 Å². The Labute approximate surface area is 111 Å². The number of pyridine rings is 1. The van der Waals surface area contributed by atoms with E-state index in [1.165, 1.54) is 12.3 Å². The van der Waals surface area contributed by atoms with Gasteiger partial charge >= 0.3 is 6.09 Å². The number of hydrogen-bond acceptors (Lipinski definition) is 4. The molecule has 0 N–H and O–H groups in total. The minimum atomic E-state index is -0.603. The summed E-state index contributed by atoms with van der Waals surface area (Å²) in [6.45, 7) is 5.72. The number of carbonyl (C=O) groups excluding carboxylic acids is 1. The first-order valence-corrected chi connectivity index (χ1v) is 6.12. The predicted octanol–water partition coefficient (Wildman–Crippen LogP) is 2.83. The van der Waals surface area contributed by atoms with E-state index in [1.807, 2.05) is 0 Å². The molecule has 1 aromatic heterocycles. The van der Waals surface area contributed by atoms with E-state index in [4.69, 9.17) is 9.57 Å². The lowest BCUT2D eigenvalue weighted by molar-refractivity contribution is -0.125. The van der Waals surface area contributed by atoms with Crippen LogP contribution >= 0.6 is 0 Å². The maximum atomic E-state index is 13.2. The molecule has 104 valence electrons. The summed E-state index contributed by atoms with van der Waals surface area (Å²) in [7, 11) is 0. The molecular formula is C13H17FN2O3. The molecule has 2 rings (SSSR count). The molecule has 1 atom stereocenters. The SMILES string of the molecule is CC(C)(C)OC(=O)N1OCCC1c1cncc(F)c1. The fourth-order valence-electron chi connectivity index (χ4n) is 1.87. The van der Waals surface area contributed by atoms with Crippen LogP contribution in [0.3, 0.4) is 0 Å². The molecule has 0 radical (unpaired) electrons. The second kappa shape index (κ2) is 5.13. The average molecular weight is 268 g/mol. The van der Waals surface area contributed by atoms with Crippen LogP contribution in [-0.4, -0.2) is 28.3 Å². The molecule has 2 heterocycles. The van der Waals surface area contributed by atoms with Crippen LogP contribution in [-0.2, 0) is 9.57 Å². The Balaban J connectivity index is 2.15. The highest BCUT2D eigenvalue weighted by Gasteiger charge is 2.35. The molecule has 19 heavy (non-hydrogen) atoms. The Kier molecular flexibility index (Phi) is 3.71. The molecule has 0 aliphatic carbocycles. The van der Waals surface area contributed by atoms with Gasteiger partial charge in [-0.05, 0) is 32.4 Å². The van der Waals surface area contributed by atoms with E-state index in [0.29, 0.717) is 18.6 Å². The highest BCUT2D eigenvalue weighted by Crippen LogP contribution is 2.31. The molecule has 6 heteroatoms. The largest absolute Gasteiger partial charge is 0.442 e. The van der Waals surface area contributed by atoms with Crippen molar-refractivity contribution in [3.05, 3.63) is 29.8 Å². The van der Waals surface area contributed by atoms with Gasteiger partial charge in [0.05, 0.1) is 18.8 Å². The summed E-state index contributed by atoms with van der Waals surface area (Å²) in [5.74, 6) is -0.437. The zero-order chi connectivity index (χ0) is 14.0. The molecule has 0 spiro atoms. The highest BCUT2D eigenvalue weighted by molar-refractivity contribution is 5.67. The fourth-order valence-corrected chi connectivity index (χ4v) is 1.87. The van der Waals surface area contributed by atoms with E-state index in [2.05, 4.69) is 4.98 Å². The molecule has 1 amide bonds. The first-order valence-electron chi connectivity index (χ1n) is 6.12. The lowest BCUT2D eigenvalue weighted by Crippen LogP contribution is -2.35. The van der Waals surface area contributed by atoms with Crippen LogP contribution in [0.5, 0.6) is 0 Å². The molecular weight excluding hydrogens is 251 g/mol. The Morgan fingerprint density at radius 3 is 2.89 bits per heavy atom. The number of hydroxylamine groups is 2. The van der Waals surface area contributed by atoms with Gasteiger partial charge in [0, 0.05) is 12.6 Å². The first-order chi connectivity index (χ1) is 8.87. The summed E-state index contributed by atoms with van der Waals surface area (Å²) in [4.78, 5) is 21.1.